The van der Waals surface area contributed by atoms with E-state index in [1.807, 2.05) is 38.2 Å². The van der Waals surface area contributed by atoms with Crippen LogP contribution in [0.15, 0.2) is 24.4 Å². The van der Waals surface area contributed by atoms with Crippen LogP contribution in [0.3, 0.4) is 0 Å². The number of aromatic nitrogens is 1. The SMILES string of the molecule is Cc1cccc(C)c1CC(=O)Nc1ncc(C2CCNCC2)s1. The monoisotopic (exact) mass is 329 g/mol. The molecule has 5 heteroatoms. The number of carbonyl (C=O) groups excluding carboxylic acids is 1. The van der Waals surface area contributed by atoms with E-state index in [0.29, 0.717) is 12.3 Å². The maximum Gasteiger partial charge on any atom is 0.230 e. The summed E-state index contributed by atoms with van der Waals surface area (Å²) in [6.07, 6.45) is 4.63. The maximum atomic E-state index is 12.3. The largest absolute Gasteiger partial charge is 0.317 e. The number of thiazole rings is 1. The third-order valence-corrected chi connectivity index (χ3v) is 5.57. The lowest BCUT2D eigenvalue weighted by Gasteiger charge is -2.20. The van der Waals surface area contributed by atoms with Crippen molar-refractivity contribution in [2.45, 2.75) is 39.0 Å². The van der Waals surface area contributed by atoms with Gasteiger partial charge in [0, 0.05) is 11.1 Å². The van der Waals surface area contributed by atoms with Gasteiger partial charge in [-0.05, 0) is 62.4 Å². The molecule has 3 rings (SSSR count). The number of aryl methyl sites for hydroxylation is 2. The zero-order valence-electron chi connectivity index (χ0n) is 13.7. The Balaban J connectivity index is 1.63. The first kappa shape index (κ1) is 16.1. The van der Waals surface area contributed by atoms with Crippen LogP contribution in [0.1, 0.15) is 40.3 Å². The summed E-state index contributed by atoms with van der Waals surface area (Å²) in [6.45, 7) is 6.23. The Morgan fingerprint density at radius 3 is 2.70 bits per heavy atom. The van der Waals surface area contributed by atoms with E-state index in [4.69, 9.17) is 0 Å². The molecule has 1 aliphatic rings. The first-order valence-electron chi connectivity index (χ1n) is 8.15. The average Bonchev–Trinajstić information content (AvgIpc) is 3.00. The topological polar surface area (TPSA) is 54.0 Å². The van der Waals surface area contributed by atoms with Crippen molar-refractivity contribution in [3.05, 3.63) is 46.0 Å². The third kappa shape index (κ3) is 3.98. The van der Waals surface area contributed by atoms with Gasteiger partial charge in [-0.2, -0.15) is 0 Å². The molecule has 1 aliphatic heterocycles. The molecule has 1 aromatic heterocycles. The number of nitrogens with zero attached hydrogens (tertiary/aromatic N) is 1. The summed E-state index contributed by atoms with van der Waals surface area (Å²) in [5, 5.41) is 7.05. The second-order valence-electron chi connectivity index (χ2n) is 6.19. The van der Waals surface area contributed by atoms with Crippen molar-refractivity contribution in [2.24, 2.45) is 0 Å². The smallest absolute Gasteiger partial charge is 0.230 e. The molecule has 0 aliphatic carbocycles. The normalized spacial score (nSPS) is 15.6. The van der Waals surface area contributed by atoms with Crippen molar-refractivity contribution in [3.63, 3.8) is 0 Å². The molecule has 0 bridgehead atoms. The summed E-state index contributed by atoms with van der Waals surface area (Å²) in [7, 11) is 0. The lowest BCUT2D eigenvalue weighted by atomic mass is 9.97. The van der Waals surface area contributed by atoms with E-state index in [1.165, 1.54) is 4.88 Å². The third-order valence-electron chi connectivity index (χ3n) is 4.49. The van der Waals surface area contributed by atoms with Crippen LogP contribution in [0, 0.1) is 13.8 Å². The van der Waals surface area contributed by atoms with Crippen molar-refractivity contribution >= 4 is 22.4 Å². The summed E-state index contributed by atoms with van der Waals surface area (Å²) in [5.41, 5.74) is 3.43. The van der Waals surface area contributed by atoms with Gasteiger partial charge < -0.3 is 10.6 Å². The summed E-state index contributed by atoms with van der Waals surface area (Å²) >= 11 is 1.62. The molecule has 23 heavy (non-hydrogen) atoms. The molecular formula is C18H23N3OS. The minimum absolute atomic E-state index is 0.00797. The number of hydrogen-bond donors (Lipinski definition) is 2. The van der Waals surface area contributed by atoms with Gasteiger partial charge in [0.15, 0.2) is 5.13 Å². The number of amides is 1. The van der Waals surface area contributed by atoms with Crippen molar-refractivity contribution in [3.8, 4) is 0 Å². The van der Waals surface area contributed by atoms with Gasteiger partial charge in [0.25, 0.3) is 0 Å². The molecule has 0 atom stereocenters. The van der Waals surface area contributed by atoms with Crippen molar-refractivity contribution < 1.29 is 4.79 Å². The second-order valence-corrected chi connectivity index (χ2v) is 7.25. The molecule has 4 nitrogen and oxygen atoms in total. The Labute approximate surface area is 141 Å². The summed E-state index contributed by atoms with van der Waals surface area (Å²) in [4.78, 5) is 18.0. The van der Waals surface area contributed by atoms with Crippen LogP contribution in [-0.4, -0.2) is 24.0 Å². The lowest BCUT2D eigenvalue weighted by Crippen LogP contribution is -2.26. The molecule has 1 aromatic carbocycles. The van der Waals surface area contributed by atoms with Gasteiger partial charge >= 0.3 is 0 Å². The first-order valence-corrected chi connectivity index (χ1v) is 8.96. The highest BCUT2D eigenvalue weighted by Gasteiger charge is 2.18. The number of anilines is 1. The number of benzene rings is 1. The fourth-order valence-corrected chi connectivity index (χ4v) is 4.09. The van der Waals surface area contributed by atoms with Crippen LogP contribution in [-0.2, 0) is 11.2 Å². The van der Waals surface area contributed by atoms with Crippen LogP contribution in [0.4, 0.5) is 5.13 Å². The van der Waals surface area contributed by atoms with Crippen LogP contribution < -0.4 is 10.6 Å². The van der Waals surface area contributed by atoms with E-state index in [9.17, 15) is 4.79 Å². The van der Waals surface area contributed by atoms with E-state index in [-0.39, 0.29) is 5.91 Å². The molecular weight excluding hydrogens is 306 g/mol. The highest BCUT2D eigenvalue weighted by atomic mass is 32.1. The zero-order valence-corrected chi connectivity index (χ0v) is 14.5. The van der Waals surface area contributed by atoms with Gasteiger partial charge in [0.1, 0.15) is 0 Å². The quantitative estimate of drug-likeness (QED) is 0.904. The number of carbonyl (C=O) groups is 1. The molecule has 0 spiro atoms. The molecule has 0 radical (unpaired) electrons. The van der Waals surface area contributed by atoms with Crippen LogP contribution in [0.25, 0.3) is 0 Å². The van der Waals surface area contributed by atoms with Gasteiger partial charge in [0.05, 0.1) is 6.42 Å². The minimum atomic E-state index is 0.00797. The molecule has 2 aromatic rings. The molecule has 1 saturated heterocycles. The van der Waals surface area contributed by atoms with Crippen molar-refractivity contribution in [1.29, 1.82) is 0 Å². The van der Waals surface area contributed by atoms with Gasteiger partial charge in [-0.15, -0.1) is 11.3 Å². The van der Waals surface area contributed by atoms with Gasteiger partial charge in [-0.3, -0.25) is 4.79 Å². The number of nitrogens with one attached hydrogen (secondary N) is 2. The Morgan fingerprint density at radius 2 is 2.00 bits per heavy atom. The minimum Gasteiger partial charge on any atom is -0.317 e. The van der Waals surface area contributed by atoms with E-state index in [0.717, 1.165) is 47.8 Å². The van der Waals surface area contributed by atoms with Gasteiger partial charge in [-0.1, -0.05) is 18.2 Å². The maximum absolute atomic E-state index is 12.3. The zero-order chi connectivity index (χ0) is 16.2. The molecule has 0 saturated carbocycles. The van der Waals surface area contributed by atoms with E-state index < -0.39 is 0 Å². The Morgan fingerprint density at radius 1 is 1.30 bits per heavy atom. The second kappa shape index (κ2) is 7.23. The summed E-state index contributed by atoms with van der Waals surface area (Å²) in [6, 6.07) is 6.13. The molecule has 2 N–H and O–H groups in total. The standard InChI is InChI=1S/C18H23N3OS/c1-12-4-3-5-13(2)15(12)10-17(22)21-18-20-11-16(23-18)14-6-8-19-9-7-14/h3-5,11,14,19H,6-10H2,1-2H3,(H,20,21,22). The van der Waals surface area contributed by atoms with E-state index in [2.05, 4.69) is 15.6 Å². The fourth-order valence-electron chi connectivity index (χ4n) is 3.09. The molecule has 0 unspecified atom stereocenters. The first-order chi connectivity index (χ1) is 11.1. The predicted octanol–water partition coefficient (Wildman–Crippen LogP) is 3.41. The Kier molecular flexibility index (Phi) is 5.08. The molecule has 1 fully saturated rings. The average molecular weight is 329 g/mol. The van der Waals surface area contributed by atoms with E-state index in [1.54, 1.807) is 11.3 Å². The van der Waals surface area contributed by atoms with Crippen molar-refractivity contribution in [2.75, 3.05) is 18.4 Å². The Bertz CT molecular complexity index is 669. The molecule has 122 valence electrons. The summed E-state index contributed by atoms with van der Waals surface area (Å²) in [5.74, 6) is 0.589. The van der Waals surface area contributed by atoms with E-state index >= 15 is 0 Å². The van der Waals surface area contributed by atoms with Crippen LogP contribution in [0.2, 0.25) is 0 Å². The number of hydrogen-bond acceptors (Lipinski definition) is 4. The fraction of sp³-hybridized carbons (Fsp3) is 0.444. The number of piperidine rings is 1. The van der Waals surface area contributed by atoms with Crippen LogP contribution >= 0.6 is 11.3 Å². The summed E-state index contributed by atoms with van der Waals surface area (Å²) < 4.78 is 0. The molecule has 1 amide bonds. The highest BCUT2D eigenvalue weighted by Crippen LogP contribution is 2.31. The number of rotatable bonds is 4. The van der Waals surface area contributed by atoms with Crippen molar-refractivity contribution in [1.82, 2.24) is 10.3 Å². The molecule has 2 heterocycles. The van der Waals surface area contributed by atoms with Crippen LogP contribution in [0.5, 0.6) is 0 Å². The predicted molar refractivity (Wildman–Crippen MR) is 95.2 cm³/mol. The Hall–Kier alpha value is -1.72. The van der Waals surface area contributed by atoms with Gasteiger partial charge in [-0.25, -0.2) is 4.98 Å². The highest BCUT2D eigenvalue weighted by molar-refractivity contribution is 7.15. The lowest BCUT2D eigenvalue weighted by molar-refractivity contribution is -0.115. The van der Waals surface area contributed by atoms with Gasteiger partial charge in [0.2, 0.25) is 5.91 Å².